The standard InChI is InChI=1S/C26H21FO5/c27-19-8-5-17(6-9-19)26(29)32-21-11-12-22-23(14-21)30-15-24(25(22)28)31-20-10-7-16-3-1-2-4-18(16)13-20/h1-10,13,15,21-23H,11-12,14H2. The SMILES string of the molecule is O=C(OC1CCC2C(=O)C(Oc3ccc4ccccc4c3)=COC2C1)c1ccc(F)cc1. The van der Waals surface area contributed by atoms with Crippen molar-refractivity contribution in [2.24, 2.45) is 5.92 Å². The fraction of sp³-hybridized carbons (Fsp3) is 0.231. The number of benzene rings is 3. The van der Waals surface area contributed by atoms with E-state index >= 15 is 0 Å². The second-order valence-corrected chi connectivity index (χ2v) is 8.09. The molecule has 0 amide bonds. The van der Waals surface area contributed by atoms with E-state index in [-0.39, 0.29) is 29.7 Å². The Bertz CT molecular complexity index is 1200. The van der Waals surface area contributed by atoms with Crippen molar-refractivity contribution in [3.8, 4) is 5.75 Å². The Morgan fingerprint density at radius 3 is 2.56 bits per heavy atom. The van der Waals surface area contributed by atoms with Gasteiger partial charge in [0.25, 0.3) is 0 Å². The minimum Gasteiger partial charge on any atom is -0.493 e. The normalized spacial score (nSPS) is 22.5. The fourth-order valence-corrected chi connectivity index (χ4v) is 4.28. The van der Waals surface area contributed by atoms with Gasteiger partial charge in [0.05, 0.1) is 11.5 Å². The number of Topliss-reactive ketones (excluding diaryl/α,β-unsaturated/α-hetero) is 1. The van der Waals surface area contributed by atoms with Gasteiger partial charge in [0.15, 0.2) is 0 Å². The Hall–Kier alpha value is -3.67. The molecular weight excluding hydrogens is 411 g/mol. The molecule has 0 saturated heterocycles. The van der Waals surface area contributed by atoms with Crippen LogP contribution in [0.1, 0.15) is 29.6 Å². The summed E-state index contributed by atoms with van der Waals surface area (Å²) in [4.78, 5) is 25.3. The van der Waals surface area contributed by atoms with Gasteiger partial charge in [0.2, 0.25) is 11.5 Å². The molecule has 3 aromatic carbocycles. The fourth-order valence-electron chi connectivity index (χ4n) is 4.28. The second kappa shape index (κ2) is 8.46. The van der Waals surface area contributed by atoms with Crippen LogP contribution in [0.5, 0.6) is 5.75 Å². The molecule has 1 fully saturated rings. The van der Waals surface area contributed by atoms with Crippen molar-refractivity contribution in [1.29, 1.82) is 0 Å². The predicted octanol–water partition coefficient (Wildman–Crippen LogP) is 5.19. The van der Waals surface area contributed by atoms with Crippen molar-refractivity contribution in [3.63, 3.8) is 0 Å². The molecule has 1 aliphatic carbocycles. The summed E-state index contributed by atoms with van der Waals surface area (Å²) in [5.41, 5.74) is 0.292. The number of ketones is 1. The van der Waals surface area contributed by atoms with Gasteiger partial charge in [-0.15, -0.1) is 0 Å². The van der Waals surface area contributed by atoms with E-state index in [1.165, 1.54) is 30.5 Å². The van der Waals surface area contributed by atoms with Gasteiger partial charge >= 0.3 is 5.97 Å². The predicted molar refractivity (Wildman–Crippen MR) is 115 cm³/mol. The monoisotopic (exact) mass is 432 g/mol. The van der Waals surface area contributed by atoms with Gasteiger partial charge < -0.3 is 14.2 Å². The van der Waals surface area contributed by atoms with E-state index < -0.39 is 11.8 Å². The summed E-state index contributed by atoms with van der Waals surface area (Å²) in [5, 5.41) is 2.12. The molecule has 0 aromatic heterocycles. The lowest BCUT2D eigenvalue weighted by molar-refractivity contribution is -0.132. The molecule has 2 aliphatic rings. The number of hydrogen-bond donors (Lipinski definition) is 0. The Morgan fingerprint density at radius 2 is 1.75 bits per heavy atom. The highest BCUT2D eigenvalue weighted by Gasteiger charge is 2.42. The van der Waals surface area contributed by atoms with Crippen molar-refractivity contribution in [2.75, 3.05) is 0 Å². The van der Waals surface area contributed by atoms with Crippen LogP contribution in [0.15, 0.2) is 78.8 Å². The van der Waals surface area contributed by atoms with E-state index in [1.54, 1.807) is 0 Å². The zero-order valence-electron chi connectivity index (χ0n) is 17.2. The molecule has 5 nitrogen and oxygen atoms in total. The maximum atomic E-state index is 13.1. The summed E-state index contributed by atoms with van der Waals surface area (Å²) >= 11 is 0. The van der Waals surface area contributed by atoms with Gasteiger partial charge in [-0.1, -0.05) is 30.3 Å². The third kappa shape index (κ3) is 4.08. The Labute approximate surface area is 184 Å². The smallest absolute Gasteiger partial charge is 0.338 e. The first-order valence-corrected chi connectivity index (χ1v) is 10.6. The Balaban J connectivity index is 1.23. The zero-order valence-corrected chi connectivity index (χ0v) is 17.2. The van der Waals surface area contributed by atoms with Crippen molar-refractivity contribution >= 4 is 22.5 Å². The first kappa shape index (κ1) is 20.2. The maximum absolute atomic E-state index is 13.1. The highest BCUT2D eigenvalue weighted by atomic mass is 19.1. The van der Waals surface area contributed by atoms with Crippen LogP contribution in [0.3, 0.4) is 0 Å². The lowest BCUT2D eigenvalue weighted by Gasteiger charge is -2.36. The number of ether oxygens (including phenoxy) is 3. The van der Waals surface area contributed by atoms with E-state index in [0.717, 1.165) is 10.8 Å². The lowest BCUT2D eigenvalue weighted by atomic mass is 9.80. The van der Waals surface area contributed by atoms with Crippen LogP contribution in [0.25, 0.3) is 10.8 Å². The summed E-state index contributed by atoms with van der Waals surface area (Å²) in [6, 6.07) is 18.8. The van der Waals surface area contributed by atoms with Gasteiger partial charge in [-0.25, -0.2) is 9.18 Å². The van der Waals surface area contributed by atoms with E-state index in [9.17, 15) is 14.0 Å². The van der Waals surface area contributed by atoms with E-state index in [1.807, 2.05) is 42.5 Å². The highest BCUT2D eigenvalue weighted by Crippen LogP contribution is 2.35. The molecule has 1 aliphatic heterocycles. The molecule has 3 atom stereocenters. The van der Waals surface area contributed by atoms with Crippen LogP contribution >= 0.6 is 0 Å². The molecule has 0 N–H and O–H groups in total. The average Bonchev–Trinajstić information content (AvgIpc) is 2.81. The van der Waals surface area contributed by atoms with Gasteiger partial charge in [-0.2, -0.15) is 0 Å². The third-order valence-electron chi connectivity index (χ3n) is 5.98. The second-order valence-electron chi connectivity index (χ2n) is 8.09. The van der Waals surface area contributed by atoms with Crippen LogP contribution in [0.2, 0.25) is 0 Å². The minimum atomic E-state index is -0.508. The maximum Gasteiger partial charge on any atom is 0.338 e. The summed E-state index contributed by atoms with van der Waals surface area (Å²) in [5.74, 6) is -0.597. The third-order valence-corrected chi connectivity index (χ3v) is 5.98. The first-order chi connectivity index (χ1) is 15.6. The number of fused-ring (bicyclic) bond motifs is 2. The number of halogens is 1. The van der Waals surface area contributed by atoms with E-state index in [4.69, 9.17) is 14.2 Å². The quantitative estimate of drug-likeness (QED) is 0.531. The number of rotatable bonds is 4. The van der Waals surface area contributed by atoms with Gasteiger partial charge in [-0.05, 0) is 60.0 Å². The zero-order chi connectivity index (χ0) is 22.1. The molecule has 0 spiro atoms. The molecule has 0 radical (unpaired) electrons. The summed E-state index contributed by atoms with van der Waals surface area (Å²) in [6.45, 7) is 0. The van der Waals surface area contributed by atoms with E-state index in [0.29, 0.717) is 30.6 Å². The number of hydrogen-bond acceptors (Lipinski definition) is 5. The van der Waals surface area contributed by atoms with Crippen LogP contribution in [0, 0.1) is 11.7 Å². The largest absolute Gasteiger partial charge is 0.493 e. The van der Waals surface area contributed by atoms with Crippen LogP contribution < -0.4 is 4.74 Å². The number of esters is 1. The molecule has 5 rings (SSSR count). The molecule has 3 aromatic rings. The molecule has 32 heavy (non-hydrogen) atoms. The molecule has 3 unspecified atom stereocenters. The van der Waals surface area contributed by atoms with Gasteiger partial charge in [0, 0.05) is 6.42 Å². The number of carbonyl (C=O) groups excluding carboxylic acids is 2. The Kier molecular flexibility index (Phi) is 5.35. The molecule has 1 saturated carbocycles. The topological polar surface area (TPSA) is 61.8 Å². The average molecular weight is 432 g/mol. The van der Waals surface area contributed by atoms with E-state index in [2.05, 4.69) is 0 Å². The molecule has 1 heterocycles. The molecule has 6 heteroatoms. The summed E-state index contributed by atoms with van der Waals surface area (Å²) < 4.78 is 30.3. The lowest BCUT2D eigenvalue weighted by Crippen LogP contribution is -2.43. The van der Waals surface area contributed by atoms with Gasteiger partial charge in [-0.3, -0.25) is 4.79 Å². The highest BCUT2D eigenvalue weighted by molar-refractivity contribution is 5.97. The molecule has 0 bridgehead atoms. The van der Waals surface area contributed by atoms with Crippen LogP contribution in [0.4, 0.5) is 4.39 Å². The molecule has 162 valence electrons. The minimum absolute atomic E-state index is 0.0993. The van der Waals surface area contributed by atoms with Crippen molar-refractivity contribution in [1.82, 2.24) is 0 Å². The van der Waals surface area contributed by atoms with Crippen LogP contribution in [-0.2, 0) is 14.3 Å². The number of carbonyl (C=O) groups is 2. The summed E-state index contributed by atoms with van der Waals surface area (Å²) in [6.07, 6.45) is 2.13. The summed E-state index contributed by atoms with van der Waals surface area (Å²) in [7, 11) is 0. The van der Waals surface area contributed by atoms with Crippen LogP contribution in [-0.4, -0.2) is 24.0 Å². The first-order valence-electron chi connectivity index (χ1n) is 10.6. The van der Waals surface area contributed by atoms with Crippen molar-refractivity contribution in [2.45, 2.75) is 31.5 Å². The molecular formula is C26H21FO5. The van der Waals surface area contributed by atoms with Crippen molar-refractivity contribution < 1.29 is 28.2 Å². The number of allylic oxidation sites excluding steroid dienone is 1. The van der Waals surface area contributed by atoms with Gasteiger partial charge in [0.1, 0.15) is 30.0 Å². The van der Waals surface area contributed by atoms with Crippen molar-refractivity contribution in [3.05, 3.63) is 90.1 Å². The Morgan fingerprint density at radius 1 is 0.969 bits per heavy atom.